The van der Waals surface area contributed by atoms with Crippen molar-refractivity contribution in [3.05, 3.63) is 40.2 Å². The predicted octanol–water partition coefficient (Wildman–Crippen LogP) is 4.76. The van der Waals surface area contributed by atoms with Gasteiger partial charge >= 0.3 is 6.18 Å². The molecule has 0 saturated heterocycles. The normalized spacial score (nSPS) is 14.3. The minimum absolute atomic E-state index is 0.0917. The van der Waals surface area contributed by atoms with E-state index in [1.54, 1.807) is 0 Å². The third-order valence-corrected chi connectivity index (χ3v) is 4.05. The molecule has 1 aromatic heterocycles. The zero-order valence-electron chi connectivity index (χ0n) is 12.8. The minimum Gasteiger partial charge on any atom is -0.482 e. The first-order chi connectivity index (χ1) is 11.4. The molecule has 3 rings (SSSR count). The predicted molar refractivity (Wildman–Crippen MR) is 83.5 cm³/mol. The highest BCUT2D eigenvalue weighted by Gasteiger charge is 2.29. The average Bonchev–Trinajstić information content (AvgIpc) is 2.94. The van der Waals surface area contributed by atoms with Gasteiger partial charge in [-0.15, -0.1) is 0 Å². The van der Waals surface area contributed by atoms with E-state index in [0.29, 0.717) is 17.3 Å². The van der Waals surface area contributed by atoms with Crippen molar-refractivity contribution in [3.63, 3.8) is 0 Å². The molecule has 0 spiro atoms. The first-order valence-corrected chi connectivity index (χ1v) is 7.99. The van der Waals surface area contributed by atoms with Crippen molar-refractivity contribution in [1.82, 2.24) is 5.16 Å². The Morgan fingerprint density at radius 3 is 2.83 bits per heavy atom. The van der Waals surface area contributed by atoms with Crippen LogP contribution in [-0.4, -0.2) is 17.9 Å². The molecule has 1 aliphatic rings. The lowest BCUT2D eigenvalue weighted by molar-refractivity contribution is -0.153. The maximum absolute atomic E-state index is 12.4. The molecule has 0 fully saturated rings. The van der Waals surface area contributed by atoms with Crippen LogP contribution < -0.4 is 10.1 Å². The number of aryl methyl sites for hydroxylation is 1. The third-order valence-electron chi connectivity index (χ3n) is 3.81. The molecule has 0 radical (unpaired) electrons. The lowest BCUT2D eigenvalue weighted by atomic mass is 9.96. The zero-order valence-corrected chi connectivity index (χ0v) is 13.5. The molecule has 1 heterocycles. The number of fused-ring (bicyclic) bond motifs is 1. The van der Waals surface area contributed by atoms with Gasteiger partial charge in [-0.1, -0.05) is 16.8 Å². The van der Waals surface area contributed by atoms with Gasteiger partial charge in [0.1, 0.15) is 17.2 Å². The van der Waals surface area contributed by atoms with E-state index in [4.69, 9.17) is 20.9 Å². The van der Waals surface area contributed by atoms with Crippen LogP contribution >= 0.6 is 11.6 Å². The van der Waals surface area contributed by atoms with Crippen LogP contribution in [0.1, 0.15) is 29.9 Å². The summed E-state index contributed by atoms with van der Waals surface area (Å²) in [6, 6.07) is 4.42. The van der Waals surface area contributed by atoms with Gasteiger partial charge in [-0.25, -0.2) is 0 Å². The van der Waals surface area contributed by atoms with Crippen molar-refractivity contribution in [2.24, 2.45) is 0 Å². The molecule has 1 N–H and O–H groups in total. The number of halogens is 4. The van der Waals surface area contributed by atoms with Gasteiger partial charge in [-0.2, -0.15) is 13.2 Å². The Morgan fingerprint density at radius 2 is 2.04 bits per heavy atom. The van der Waals surface area contributed by atoms with E-state index in [0.717, 1.165) is 42.7 Å². The molecule has 1 aromatic carbocycles. The number of alkyl halides is 3. The quantitative estimate of drug-likeness (QED) is 0.835. The summed E-state index contributed by atoms with van der Waals surface area (Å²) in [5.41, 5.74) is 2.25. The summed E-state index contributed by atoms with van der Waals surface area (Å²) >= 11 is 5.93. The van der Waals surface area contributed by atoms with Crippen LogP contribution in [-0.2, 0) is 19.4 Å². The lowest BCUT2D eigenvalue weighted by Crippen LogP contribution is -2.19. The number of benzene rings is 1. The van der Waals surface area contributed by atoms with Gasteiger partial charge in [0.05, 0.1) is 12.2 Å². The highest BCUT2D eigenvalue weighted by atomic mass is 35.5. The van der Waals surface area contributed by atoms with Crippen LogP contribution in [0, 0.1) is 0 Å². The smallest absolute Gasteiger partial charge is 0.422 e. The Kier molecular flexibility index (Phi) is 4.89. The van der Waals surface area contributed by atoms with Crippen LogP contribution in [0.5, 0.6) is 5.75 Å². The summed E-state index contributed by atoms with van der Waals surface area (Å²) in [7, 11) is 0. The molecule has 130 valence electrons. The van der Waals surface area contributed by atoms with Gasteiger partial charge in [0.15, 0.2) is 6.61 Å². The number of aromatic nitrogens is 1. The van der Waals surface area contributed by atoms with E-state index >= 15 is 0 Å². The molecule has 0 saturated carbocycles. The largest absolute Gasteiger partial charge is 0.482 e. The summed E-state index contributed by atoms with van der Waals surface area (Å²) in [5, 5.41) is 7.50. The number of nitrogens with zero attached hydrogens (tertiary/aromatic N) is 1. The summed E-state index contributed by atoms with van der Waals surface area (Å²) in [5.74, 6) is 0.992. The highest BCUT2D eigenvalue weighted by Crippen LogP contribution is 2.31. The van der Waals surface area contributed by atoms with Gasteiger partial charge in [-0.3, -0.25) is 0 Å². The van der Waals surface area contributed by atoms with Gasteiger partial charge in [0.2, 0.25) is 0 Å². The molecule has 2 aromatic rings. The van der Waals surface area contributed by atoms with Crippen molar-refractivity contribution >= 4 is 17.3 Å². The SMILES string of the molecule is FC(F)(F)COc1ccc(Cl)cc1NCc1noc2c1CCCC2. The molecule has 4 nitrogen and oxygen atoms in total. The molecular formula is C16H16ClF3N2O2. The van der Waals surface area contributed by atoms with Gasteiger partial charge < -0.3 is 14.6 Å². The fourth-order valence-electron chi connectivity index (χ4n) is 2.69. The standard InChI is InChI=1S/C16H16ClF3N2O2/c17-10-5-6-15(23-9-16(18,19)20)12(7-10)21-8-13-11-3-1-2-4-14(11)24-22-13/h5-7,21H,1-4,8-9H2. The van der Waals surface area contributed by atoms with E-state index in [1.165, 1.54) is 18.2 Å². The maximum Gasteiger partial charge on any atom is 0.422 e. The first-order valence-electron chi connectivity index (χ1n) is 7.61. The molecule has 0 unspecified atom stereocenters. The number of hydrogen-bond donors (Lipinski definition) is 1. The van der Waals surface area contributed by atoms with Crippen LogP contribution in [0.15, 0.2) is 22.7 Å². The van der Waals surface area contributed by atoms with Gasteiger partial charge in [-0.05, 0) is 37.5 Å². The molecule has 0 atom stereocenters. The highest BCUT2D eigenvalue weighted by molar-refractivity contribution is 6.30. The lowest BCUT2D eigenvalue weighted by Gasteiger charge is -2.15. The summed E-state index contributed by atoms with van der Waals surface area (Å²) in [6.07, 6.45) is -0.457. The van der Waals surface area contributed by atoms with Crippen molar-refractivity contribution in [2.75, 3.05) is 11.9 Å². The van der Waals surface area contributed by atoms with Gasteiger partial charge in [0, 0.05) is 17.0 Å². The Bertz CT molecular complexity index is 716. The fourth-order valence-corrected chi connectivity index (χ4v) is 2.86. The average molecular weight is 361 g/mol. The molecular weight excluding hydrogens is 345 g/mol. The number of hydrogen-bond acceptors (Lipinski definition) is 4. The number of ether oxygens (including phenoxy) is 1. The van der Waals surface area contributed by atoms with Crippen LogP contribution in [0.3, 0.4) is 0 Å². The van der Waals surface area contributed by atoms with Crippen LogP contribution in [0.25, 0.3) is 0 Å². The molecule has 8 heteroatoms. The minimum atomic E-state index is -4.40. The van der Waals surface area contributed by atoms with E-state index in [1.807, 2.05) is 0 Å². The monoisotopic (exact) mass is 360 g/mol. The van der Waals surface area contributed by atoms with Crippen LogP contribution in [0.4, 0.5) is 18.9 Å². The Morgan fingerprint density at radius 1 is 1.25 bits per heavy atom. The second-order valence-corrected chi connectivity index (χ2v) is 6.07. The van der Waals surface area contributed by atoms with Crippen molar-refractivity contribution in [1.29, 1.82) is 0 Å². The Hall–Kier alpha value is -1.89. The first kappa shape index (κ1) is 17.0. The van der Waals surface area contributed by atoms with Crippen molar-refractivity contribution in [2.45, 2.75) is 38.4 Å². The second kappa shape index (κ2) is 6.93. The molecule has 1 aliphatic carbocycles. The zero-order chi connectivity index (χ0) is 17.2. The number of anilines is 1. The third kappa shape index (κ3) is 4.14. The summed E-state index contributed by atoms with van der Waals surface area (Å²) in [4.78, 5) is 0. The summed E-state index contributed by atoms with van der Waals surface area (Å²) in [6.45, 7) is -1.02. The van der Waals surface area contributed by atoms with E-state index < -0.39 is 12.8 Å². The second-order valence-electron chi connectivity index (χ2n) is 5.64. The molecule has 0 amide bonds. The topological polar surface area (TPSA) is 47.3 Å². The van der Waals surface area contributed by atoms with Crippen LogP contribution in [0.2, 0.25) is 5.02 Å². The number of rotatable bonds is 5. The van der Waals surface area contributed by atoms with E-state index in [9.17, 15) is 13.2 Å². The van der Waals surface area contributed by atoms with Gasteiger partial charge in [0.25, 0.3) is 0 Å². The maximum atomic E-state index is 12.4. The Labute approximate surface area is 141 Å². The fraction of sp³-hybridized carbons (Fsp3) is 0.438. The van der Waals surface area contributed by atoms with Crippen molar-refractivity contribution in [3.8, 4) is 5.75 Å². The Balaban J connectivity index is 1.72. The van der Waals surface area contributed by atoms with Crippen molar-refractivity contribution < 1.29 is 22.4 Å². The van der Waals surface area contributed by atoms with E-state index in [-0.39, 0.29) is 5.75 Å². The van der Waals surface area contributed by atoms with E-state index in [2.05, 4.69) is 10.5 Å². The molecule has 24 heavy (non-hydrogen) atoms. The molecule has 0 aliphatic heterocycles. The summed E-state index contributed by atoms with van der Waals surface area (Å²) < 4.78 is 47.2. The number of nitrogens with one attached hydrogen (secondary N) is 1. The molecule has 0 bridgehead atoms.